The number of hydrogen-bond acceptors (Lipinski definition) is 5. The Morgan fingerprint density at radius 1 is 1.10 bits per heavy atom. The van der Waals surface area contributed by atoms with Gasteiger partial charge in [-0.1, -0.05) is 32.9 Å². The van der Waals surface area contributed by atoms with Crippen molar-refractivity contribution in [2.75, 3.05) is 19.0 Å². The average molecular weight is 407 g/mol. The van der Waals surface area contributed by atoms with E-state index < -0.39 is 0 Å². The molecule has 0 bridgehead atoms. The van der Waals surface area contributed by atoms with Crippen LogP contribution in [0.2, 0.25) is 0 Å². The van der Waals surface area contributed by atoms with Crippen molar-refractivity contribution in [3.8, 4) is 22.8 Å². The zero-order valence-corrected chi connectivity index (χ0v) is 17.5. The van der Waals surface area contributed by atoms with Crippen LogP contribution in [0.25, 0.3) is 11.3 Å². The summed E-state index contributed by atoms with van der Waals surface area (Å²) in [7, 11) is 1.62. The fraction of sp³-hybridized carbons (Fsp3) is 0.261. The van der Waals surface area contributed by atoms with Gasteiger partial charge in [0.25, 0.3) is 11.5 Å². The summed E-state index contributed by atoms with van der Waals surface area (Å²) >= 11 is 0. The number of carbonyl (C=O) groups excluding carboxylic acids is 1. The molecule has 3 aromatic rings. The molecule has 0 fully saturated rings. The van der Waals surface area contributed by atoms with Gasteiger partial charge in [0.2, 0.25) is 0 Å². The van der Waals surface area contributed by atoms with Crippen molar-refractivity contribution in [3.05, 3.63) is 70.5 Å². The van der Waals surface area contributed by atoms with Crippen LogP contribution in [0, 0.1) is 0 Å². The summed E-state index contributed by atoms with van der Waals surface area (Å²) in [5, 5.41) is 9.23. The molecule has 2 aromatic carbocycles. The molecule has 156 valence electrons. The first kappa shape index (κ1) is 21.1. The number of amides is 1. The molecular weight excluding hydrogens is 382 g/mol. The fourth-order valence-electron chi connectivity index (χ4n) is 2.95. The SMILES string of the molecule is COc1ccc(OCC(=O)Nc2cccc(-c3ccc(=O)[nH]n3)c2)c(C(C)(C)C)c1. The molecule has 0 atom stereocenters. The number of nitrogens with one attached hydrogen (secondary N) is 2. The Morgan fingerprint density at radius 3 is 2.57 bits per heavy atom. The van der Waals surface area contributed by atoms with Crippen molar-refractivity contribution in [2.24, 2.45) is 0 Å². The first-order valence-electron chi connectivity index (χ1n) is 9.53. The third kappa shape index (κ3) is 5.26. The maximum Gasteiger partial charge on any atom is 0.264 e. The molecule has 0 saturated carbocycles. The van der Waals surface area contributed by atoms with Crippen molar-refractivity contribution in [1.29, 1.82) is 0 Å². The standard InChI is InChI=1S/C23H25N3O4/c1-23(2,3)18-13-17(29-4)8-10-20(18)30-14-22(28)24-16-7-5-6-15(12-16)19-9-11-21(27)26-25-19/h5-13H,14H2,1-4H3,(H,24,28)(H,26,27). The number of aromatic amines is 1. The lowest BCUT2D eigenvalue weighted by Gasteiger charge is -2.23. The van der Waals surface area contributed by atoms with Crippen LogP contribution in [0.3, 0.4) is 0 Å². The second-order valence-electron chi connectivity index (χ2n) is 7.84. The van der Waals surface area contributed by atoms with Crippen LogP contribution in [0.1, 0.15) is 26.3 Å². The largest absolute Gasteiger partial charge is 0.497 e. The number of nitrogens with zero attached hydrogens (tertiary/aromatic N) is 1. The van der Waals surface area contributed by atoms with Gasteiger partial charge >= 0.3 is 0 Å². The van der Waals surface area contributed by atoms with Crippen molar-refractivity contribution < 1.29 is 14.3 Å². The van der Waals surface area contributed by atoms with E-state index in [9.17, 15) is 9.59 Å². The minimum absolute atomic E-state index is 0.128. The second kappa shape index (κ2) is 8.82. The Balaban J connectivity index is 1.69. The van der Waals surface area contributed by atoms with Gasteiger partial charge in [-0.25, -0.2) is 5.10 Å². The predicted octanol–water partition coefficient (Wildman–Crippen LogP) is 3.76. The topological polar surface area (TPSA) is 93.3 Å². The summed E-state index contributed by atoms with van der Waals surface area (Å²) in [5.41, 5.74) is 2.51. The minimum atomic E-state index is -0.280. The number of ether oxygens (including phenoxy) is 2. The Bertz CT molecular complexity index is 1080. The monoisotopic (exact) mass is 407 g/mol. The molecule has 7 heteroatoms. The Morgan fingerprint density at radius 2 is 1.90 bits per heavy atom. The summed E-state index contributed by atoms with van der Waals surface area (Å²) in [5.74, 6) is 1.10. The van der Waals surface area contributed by atoms with Crippen LogP contribution in [0.5, 0.6) is 11.5 Å². The highest BCUT2D eigenvalue weighted by Gasteiger charge is 2.20. The van der Waals surface area contributed by atoms with E-state index in [1.54, 1.807) is 31.4 Å². The van der Waals surface area contributed by atoms with E-state index in [0.717, 1.165) is 16.9 Å². The second-order valence-corrected chi connectivity index (χ2v) is 7.84. The third-order valence-corrected chi connectivity index (χ3v) is 4.47. The first-order valence-corrected chi connectivity index (χ1v) is 9.53. The highest BCUT2D eigenvalue weighted by molar-refractivity contribution is 5.92. The lowest BCUT2D eigenvalue weighted by atomic mass is 9.86. The van der Waals surface area contributed by atoms with Crippen LogP contribution in [-0.4, -0.2) is 29.8 Å². The number of H-pyrrole nitrogens is 1. The molecule has 0 saturated heterocycles. The molecule has 1 aromatic heterocycles. The van der Waals surface area contributed by atoms with Gasteiger partial charge in [-0.2, -0.15) is 5.10 Å². The summed E-state index contributed by atoms with van der Waals surface area (Å²) in [6, 6.07) is 15.8. The van der Waals surface area contributed by atoms with Crippen LogP contribution >= 0.6 is 0 Å². The van der Waals surface area contributed by atoms with Gasteiger partial charge in [0.1, 0.15) is 11.5 Å². The van der Waals surface area contributed by atoms with Crippen LogP contribution in [0.4, 0.5) is 5.69 Å². The number of carbonyl (C=O) groups is 1. The van der Waals surface area contributed by atoms with E-state index in [1.807, 2.05) is 24.3 Å². The van der Waals surface area contributed by atoms with Crippen molar-refractivity contribution in [3.63, 3.8) is 0 Å². The highest BCUT2D eigenvalue weighted by Crippen LogP contribution is 2.34. The molecule has 0 radical (unpaired) electrons. The fourth-order valence-corrected chi connectivity index (χ4v) is 2.95. The van der Waals surface area contributed by atoms with Crippen molar-refractivity contribution in [2.45, 2.75) is 26.2 Å². The molecule has 0 unspecified atom stereocenters. The van der Waals surface area contributed by atoms with Crippen LogP contribution in [-0.2, 0) is 10.2 Å². The first-order chi connectivity index (χ1) is 14.3. The smallest absolute Gasteiger partial charge is 0.264 e. The average Bonchev–Trinajstić information content (AvgIpc) is 2.72. The number of methoxy groups -OCH3 is 1. The van der Waals surface area contributed by atoms with Gasteiger partial charge in [-0.3, -0.25) is 9.59 Å². The summed E-state index contributed by atoms with van der Waals surface area (Å²) in [4.78, 5) is 23.6. The van der Waals surface area contributed by atoms with Gasteiger partial charge in [0, 0.05) is 22.9 Å². The van der Waals surface area contributed by atoms with E-state index in [-0.39, 0.29) is 23.5 Å². The number of rotatable bonds is 6. The maximum atomic E-state index is 12.4. The van der Waals surface area contributed by atoms with Crippen molar-refractivity contribution in [1.82, 2.24) is 10.2 Å². The molecule has 7 nitrogen and oxygen atoms in total. The predicted molar refractivity (Wildman–Crippen MR) is 116 cm³/mol. The lowest BCUT2D eigenvalue weighted by molar-refractivity contribution is -0.118. The number of benzene rings is 2. The van der Waals surface area contributed by atoms with Crippen molar-refractivity contribution >= 4 is 11.6 Å². The van der Waals surface area contributed by atoms with E-state index in [4.69, 9.17) is 9.47 Å². The zero-order valence-electron chi connectivity index (χ0n) is 17.5. The van der Waals surface area contributed by atoms with Crippen LogP contribution in [0.15, 0.2) is 59.4 Å². The Labute approximate surface area is 175 Å². The van der Waals surface area contributed by atoms with Gasteiger partial charge in [0.05, 0.1) is 12.8 Å². The van der Waals surface area contributed by atoms with Gasteiger partial charge < -0.3 is 14.8 Å². The van der Waals surface area contributed by atoms with E-state index in [0.29, 0.717) is 17.1 Å². The molecule has 3 rings (SSSR count). The van der Waals surface area contributed by atoms with Gasteiger partial charge in [-0.05, 0) is 41.8 Å². The molecule has 1 heterocycles. The molecular formula is C23H25N3O4. The zero-order chi connectivity index (χ0) is 21.7. The summed E-state index contributed by atoms with van der Waals surface area (Å²) in [6.07, 6.45) is 0. The van der Waals surface area contributed by atoms with Gasteiger partial charge in [-0.15, -0.1) is 0 Å². The van der Waals surface area contributed by atoms with Crippen LogP contribution < -0.4 is 20.3 Å². The molecule has 0 aliphatic carbocycles. The van der Waals surface area contributed by atoms with Gasteiger partial charge in [0.15, 0.2) is 6.61 Å². The Hall–Kier alpha value is -3.61. The molecule has 0 spiro atoms. The van der Waals surface area contributed by atoms with E-state index in [1.165, 1.54) is 6.07 Å². The normalized spacial score (nSPS) is 11.1. The third-order valence-electron chi connectivity index (χ3n) is 4.47. The number of aromatic nitrogens is 2. The minimum Gasteiger partial charge on any atom is -0.497 e. The summed E-state index contributed by atoms with van der Waals surface area (Å²) in [6.45, 7) is 6.09. The maximum absolute atomic E-state index is 12.4. The number of hydrogen-bond donors (Lipinski definition) is 2. The molecule has 2 N–H and O–H groups in total. The quantitative estimate of drug-likeness (QED) is 0.649. The highest BCUT2D eigenvalue weighted by atomic mass is 16.5. The summed E-state index contributed by atoms with van der Waals surface area (Å²) < 4.78 is 11.1. The number of anilines is 1. The molecule has 1 amide bonds. The lowest BCUT2D eigenvalue weighted by Crippen LogP contribution is -2.22. The Kier molecular flexibility index (Phi) is 6.20. The molecule has 0 aliphatic rings. The molecule has 0 aliphatic heterocycles. The van der Waals surface area contributed by atoms with E-state index >= 15 is 0 Å². The van der Waals surface area contributed by atoms with E-state index in [2.05, 4.69) is 36.3 Å². The molecule has 30 heavy (non-hydrogen) atoms.